The van der Waals surface area contributed by atoms with Gasteiger partial charge >= 0.3 is 0 Å². The van der Waals surface area contributed by atoms with Gasteiger partial charge in [0.05, 0.1) is 11.1 Å². The molecular weight excluding hydrogens is 795 g/mol. The van der Waals surface area contributed by atoms with E-state index < -0.39 is 5.41 Å². The Labute approximate surface area is 375 Å². The van der Waals surface area contributed by atoms with Crippen molar-refractivity contribution < 1.29 is 4.42 Å². The molecule has 1 aliphatic carbocycles. The first-order chi connectivity index (χ1) is 31.7. The minimum Gasteiger partial charge on any atom is -0.455 e. The third-order valence-electron chi connectivity index (χ3n) is 13.4. The van der Waals surface area contributed by atoms with Crippen LogP contribution in [-0.4, -0.2) is 0 Å². The largest absolute Gasteiger partial charge is 0.455 e. The molecule has 2 aromatic heterocycles. The Morgan fingerprint density at radius 2 is 0.984 bits per heavy atom. The molecule has 2 nitrogen and oxygen atoms in total. The molecule has 300 valence electrons. The standard InChI is InChI=1S/C61H39NOS/c1-4-16-41(17-5-1)47-24-14-25-50-52-38-42(32-37-56(52)63-60(47)50)40-30-33-45(34-31-40)62(55-27-15-29-58-59(55)51-23-11-13-28-57(51)64-58)46-35-36-49-48-22-10-12-26-53(48)61(54(49)39-46,43-18-6-2-7-19-43)44-20-8-3-9-21-44/h1-39H. The molecule has 0 aliphatic heterocycles. The Hall–Kier alpha value is -7.98. The van der Waals surface area contributed by atoms with E-state index >= 15 is 0 Å². The molecule has 13 rings (SSSR count). The van der Waals surface area contributed by atoms with Crippen LogP contribution in [0.3, 0.4) is 0 Å². The number of hydrogen-bond donors (Lipinski definition) is 0. The zero-order valence-corrected chi connectivity index (χ0v) is 35.6. The van der Waals surface area contributed by atoms with Gasteiger partial charge in [-0.05, 0) is 105 Å². The molecule has 10 aromatic carbocycles. The summed E-state index contributed by atoms with van der Waals surface area (Å²) in [4.78, 5) is 2.48. The lowest BCUT2D eigenvalue weighted by atomic mass is 9.67. The van der Waals surface area contributed by atoms with Crippen LogP contribution in [-0.2, 0) is 5.41 Å². The Morgan fingerprint density at radius 3 is 1.78 bits per heavy atom. The molecule has 0 amide bonds. The normalized spacial score (nSPS) is 12.8. The molecule has 0 bridgehead atoms. The molecule has 1 aliphatic rings. The lowest BCUT2D eigenvalue weighted by molar-refractivity contribution is 0.670. The Bertz CT molecular complexity index is 3680. The zero-order chi connectivity index (χ0) is 42.2. The van der Waals surface area contributed by atoms with Crippen molar-refractivity contribution in [3.05, 3.63) is 259 Å². The van der Waals surface area contributed by atoms with E-state index in [0.29, 0.717) is 0 Å². The predicted octanol–water partition coefficient (Wildman–Crippen LogP) is 17.1. The van der Waals surface area contributed by atoms with Gasteiger partial charge in [0, 0.05) is 47.9 Å². The van der Waals surface area contributed by atoms with Gasteiger partial charge in [-0.25, -0.2) is 0 Å². The summed E-state index contributed by atoms with van der Waals surface area (Å²) in [6, 6.07) is 86.5. The number of hydrogen-bond acceptors (Lipinski definition) is 3. The molecule has 0 unspecified atom stereocenters. The molecular formula is C61H39NOS. The number of para-hydroxylation sites is 1. The van der Waals surface area contributed by atoms with E-state index in [0.717, 1.165) is 61.3 Å². The molecule has 0 saturated carbocycles. The first kappa shape index (κ1) is 36.7. The second-order valence-corrected chi connectivity index (χ2v) is 17.8. The smallest absolute Gasteiger partial charge is 0.143 e. The fourth-order valence-electron chi connectivity index (χ4n) is 10.6. The minimum atomic E-state index is -0.515. The summed E-state index contributed by atoms with van der Waals surface area (Å²) in [5.74, 6) is 0. The summed E-state index contributed by atoms with van der Waals surface area (Å²) in [5, 5.41) is 4.78. The van der Waals surface area contributed by atoms with Gasteiger partial charge < -0.3 is 9.32 Å². The number of anilines is 3. The van der Waals surface area contributed by atoms with Gasteiger partial charge in [0.15, 0.2) is 0 Å². The van der Waals surface area contributed by atoms with E-state index in [1.807, 2.05) is 11.3 Å². The van der Waals surface area contributed by atoms with E-state index in [2.05, 4.69) is 241 Å². The molecule has 12 aromatic rings. The first-order valence-corrected chi connectivity index (χ1v) is 22.7. The molecule has 2 heterocycles. The van der Waals surface area contributed by atoms with Crippen LogP contribution in [0, 0.1) is 0 Å². The second-order valence-electron chi connectivity index (χ2n) is 16.7. The van der Waals surface area contributed by atoms with Crippen LogP contribution < -0.4 is 4.90 Å². The minimum absolute atomic E-state index is 0.515. The molecule has 3 heteroatoms. The highest BCUT2D eigenvalue weighted by molar-refractivity contribution is 7.26. The Balaban J connectivity index is 1.00. The van der Waals surface area contributed by atoms with Crippen molar-refractivity contribution in [1.82, 2.24) is 0 Å². The van der Waals surface area contributed by atoms with Crippen molar-refractivity contribution in [2.75, 3.05) is 4.90 Å². The molecule has 0 radical (unpaired) electrons. The topological polar surface area (TPSA) is 16.4 Å². The third-order valence-corrected chi connectivity index (χ3v) is 14.5. The van der Waals surface area contributed by atoms with Gasteiger partial charge in [-0.2, -0.15) is 0 Å². The van der Waals surface area contributed by atoms with E-state index in [1.165, 1.54) is 53.6 Å². The molecule has 0 atom stereocenters. The fourth-order valence-corrected chi connectivity index (χ4v) is 11.7. The van der Waals surface area contributed by atoms with Gasteiger partial charge in [-0.3, -0.25) is 0 Å². The highest BCUT2D eigenvalue weighted by Crippen LogP contribution is 2.57. The maximum absolute atomic E-state index is 6.55. The van der Waals surface area contributed by atoms with Crippen LogP contribution >= 0.6 is 11.3 Å². The third kappa shape index (κ3) is 5.51. The summed E-state index contributed by atoms with van der Waals surface area (Å²) < 4.78 is 9.11. The molecule has 0 N–H and O–H groups in total. The summed E-state index contributed by atoms with van der Waals surface area (Å²) >= 11 is 1.86. The highest BCUT2D eigenvalue weighted by Gasteiger charge is 2.46. The SMILES string of the molecule is c1ccc(-c2cccc3c2oc2ccc(-c4ccc(N(c5ccc6c(c5)C(c5ccccc5)(c5ccccc5)c5ccccc5-6)c5cccc6sc7ccccc7c56)cc4)cc23)cc1. The molecule has 0 spiro atoms. The van der Waals surface area contributed by atoms with Crippen LogP contribution in [0.15, 0.2) is 241 Å². The van der Waals surface area contributed by atoms with Gasteiger partial charge in [-0.1, -0.05) is 182 Å². The van der Waals surface area contributed by atoms with E-state index in [4.69, 9.17) is 4.42 Å². The van der Waals surface area contributed by atoms with Crippen molar-refractivity contribution in [1.29, 1.82) is 0 Å². The molecule has 0 fully saturated rings. The lowest BCUT2D eigenvalue weighted by Gasteiger charge is -2.35. The zero-order valence-electron chi connectivity index (χ0n) is 34.8. The number of fused-ring (bicyclic) bond motifs is 9. The monoisotopic (exact) mass is 833 g/mol. The predicted molar refractivity (Wildman–Crippen MR) is 269 cm³/mol. The number of benzene rings is 10. The maximum Gasteiger partial charge on any atom is 0.143 e. The average Bonchev–Trinajstić information content (AvgIpc) is 4.04. The summed E-state index contributed by atoms with van der Waals surface area (Å²) in [6.07, 6.45) is 0. The molecule has 0 saturated heterocycles. The van der Waals surface area contributed by atoms with Crippen LogP contribution in [0.2, 0.25) is 0 Å². The summed E-state index contributed by atoms with van der Waals surface area (Å²) in [5.41, 5.74) is 16.8. The number of thiophene rings is 1. The second kappa shape index (κ2) is 14.6. The van der Waals surface area contributed by atoms with Gasteiger partial charge in [-0.15, -0.1) is 11.3 Å². The fraction of sp³-hybridized carbons (Fsp3) is 0.0164. The van der Waals surface area contributed by atoms with E-state index in [-0.39, 0.29) is 0 Å². The van der Waals surface area contributed by atoms with Crippen LogP contribution in [0.5, 0.6) is 0 Å². The quantitative estimate of drug-likeness (QED) is 0.159. The average molecular weight is 834 g/mol. The van der Waals surface area contributed by atoms with Crippen molar-refractivity contribution in [2.45, 2.75) is 5.41 Å². The van der Waals surface area contributed by atoms with Gasteiger partial charge in [0.25, 0.3) is 0 Å². The molecule has 64 heavy (non-hydrogen) atoms. The summed E-state index contributed by atoms with van der Waals surface area (Å²) in [7, 11) is 0. The number of nitrogens with zero attached hydrogens (tertiary/aromatic N) is 1. The Kier molecular flexibility index (Phi) is 8.34. The highest BCUT2D eigenvalue weighted by atomic mass is 32.1. The van der Waals surface area contributed by atoms with Gasteiger partial charge in [0.1, 0.15) is 11.2 Å². The van der Waals surface area contributed by atoms with Crippen molar-refractivity contribution in [2.24, 2.45) is 0 Å². The Morgan fingerprint density at radius 1 is 0.375 bits per heavy atom. The van der Waals surface area contributed by atoms with Crippen molar-refractivity contribution in [3.63, 3.8) is 0 Å². The lowest BCUT2D eigenvalue weighted by Crippen LogP contribution is -2.28. The van der Waals surface area contributed by atoms with Crippen molar-refractivity contribution >= 4 is 70.5 Å². The number of furan rings is 1. The van der Waals surface area contributed by atoms with Crippen LogP contribution in [0.25, 0.3) is 75.5 Å². The maximum atomic E-state index is 6.55. The number of rotatable bonds is 7. The first-order valence-electron chi connectivity index (χ1n) is 21.9. The van der Waals surface area contributed by atoms with E-state index in [9.17, 15) is 0 Å². The van der Waals surface area contributed by atoms with Gasteiger partial charge in [0.2, 0.25) is 0 Å². The van der Waals surface area contributed by atoms with Crippen LogP contribution in [0.4, 0.5) is 17.1 Å². The van der Waals surface area contributed by atoms with Crippen LogP contribution in [0.1, 0.15) is 22.3 Å². The summed E-state index contributed by atoms with van der Waals surface area (Å²) in [6.45, 7) is 0. The van der Waals surface area contributed by atoms with E-state index in [1.54, 1.807) is 0 Å². The van der Waals surface area contributed by atoms with Crippen molar-refractivity contribution in [3.8, 4) is 33.4 Å².